The second-order valence-electron chi connectivity index (χ2n) is 16.0. The fourth-order valence-corrected chi connectivity index (χ4v) is 7.90. The topological polar surface area (TPSA) is 83.6 Å². The summed E-state index contributed by atoms with van der Waals surface area (Å²) in [5, 5.41) is 0. The molecule has 3 aliphatic rings. The largest absolute Gasteiger partial charge is 0.466 e. The molecule has 4 aromatic rings. The third-order valence-corrected chi connectivity index (χ3v) is 10.7. The van der Waals surface area contributed by atoms with Crippen molar-refractivity contribution in [1.82, 2.24) is 14.5 Å². The number of carbonyl (C=O) groups is 2. The molecule has 54 heavy (non-hydrogen) atoms. The van der Waals surface area contributed by atoms with Crippen LogP contribution < -0.4 is 0 Å². The molecule has 2 aromatic carbocycles. The molecule has 9 heteroatoms. The fourth-order valence-electron chi connectivity index (χ4n) is 7.90. The zero-order valence-corrected chi connectivity index (χ0v) is 32.5. The first-order valence-electron chi connectivity index (χ1n) is 19.4. The Morgan fingerprint density at radius 2 is 1.76 bits per heavy atom. The van der Waals surface area contributed by atoms with E-state index >= 15 is 0 Å². The van der Waals surface area contributed by atoms with Crippen LogP contribution in [0, 0.1) is 12.8 Å². The van der Waals surface area contributed by atoms with E-state index in [2.05, 4.69) is 53.5 Å². The number of imidazole rings is 1. The van der Waals surface area contributed by atoms with Gasteiger partial charge >= 0.3 is 12.0 Å². The molecule has 7 rings (SSSR count). The zero-order valence-electron chi connectivity index (χ0n) is 32.5. The Morgan fingerprint density at radius 1 is 1.02 bits per heavy atom. The van der Waals surface area contributed by atoms with Gasteiger partial charge in [-0.3, -0.25) is 4.90 Å². The molecule has 2 aromatic heterocycles. The van der Waals surface area contributed by atoms with Crippen LogP contribution in [0.5, 0.6) is 0 Å². The van der Waals surface area contributed by atoms with Gasteiger partial charge < -0.3 is 13.7 Å². The van der Waals surface area contributed by atoms with Gasteiger partial charge in [0, 0.05) is 54.0 Å². The standard InChI is InChI=1S/C45H53N5O4/c1-31(40-20-19-33(3)53-40)21-23-47-22-13-18-36-26-32(2)38(28-39(36)47)50-30-46-41(42(50)35-16-11-8-12-17-35)43(51)49-25-24-48(44(52)54-45(4,5)6)29-37(49)27-34-14-9-7-10-15-34/h7-12,14-17,19-20,22,25,28,30-32,37H,13,18,21,23-24,26-27,29H2,1-6H3/q+2/t31?,32?,37-/m1/s1. The van der Waals surface area contributed by atoms with Crippen molar-refractivity contribution < 1.29 is 27.9 Å². The van der Waals surface area contributed by atoms with Gasteiger partial charge in [0.05, 0.1) is 12.2 Å². The van der Waals surface area contributed by atoms with Crippen LogP contribution in [0.25, 0.3) is 17.0 Å². The number of hydrogen-bond acceptors (Lipinski definition) is 5. The summed E-state index contributed by atoms with van der Waals surface area (Å²) in [4.78, 5) is 34.7. The van der Waals surface area contributed by atoms with Gasteiger partial charge in [-0.05, 0) is 58.2 Å². The SMILES string of the molecule is Cc1ccc(C(C)CC[N+]2=CCCC3=C2C=C(n2cnc(C(=O)[N+]4=CCN(C(=O)OC(C)(C)C)C[C@H]4Cc4ccccc4)c2-c2ccccc2)C(C)C3)o1. The van der Waals surface area contributed by atoms with Crippen molar-refractivity contribution in [1.29, 1.82) is 0 Å². The highest BCUT2D eigenvalue weighted by Gasteiger charge is 2.41. The monoisotopic (exact) mass is 727 g/mol. The third-order valence-electron chi connectivity index (χ3n) is 10.7. The van der Waals surface area contributed by atoms with E-state index < -0.39 is 5.60 Å². The first-order valence-corrected chi connectivity index (χ1v) is 19.4. The van der Waals surface area contributed by atoms with Gasteiger partial charge in [0.15, 0.2) is 12.3 Å². The number of allylic oxidation sites excluding steroid dienone is 3. The van der Waals surface area contributed by atoms with E-state index in [1.165, 1.54) is 11.3 Å². The summed E-state index contributed by atoms with van der Waals surface area (Å²) in [7, 11) is 0. The molecule has 3 atom stereocenters. The van der Waals surface area contributed by atoms with Crippen LogP contribution >= 0.6 is 0 Å². The van der Waals surface area contributed by atoms with Crippen molar-refractivity contribution >= 4 is 30.1 Å². The molecule has 0 N–H and O–H groups in total. The highest BCUT2D eigenvalue weighted by atomic mass is 16.6. The van der Waals surface area contributed by atoms with Crippen molar-refractivity contribution in [3.8, 4) is 11.3 Å². The molecule has 0 bridgehead atoms. The van der Waals surface area contributed by atoms with E-state index in [9.17, 15) is 9.59 Å². The third kappa shape index (κ3) is 8.10. The molecule has 2 amide bonds. The predicted octanol–water partition coefficient (Wildman–Crippen LogP) is 8.74. The number of ether oxygens (including phenoxy) is 1. The van der Waals surface area contributed by atoms with Gasteiger partial charge in [0.1, 0.15) is 42.8 Å². The van der Waals surface area contributed by atoms with Crippen molar-refractivity contribution in [2.75, 3.05) is 19.6 Å². The summed E-state index contributed by atoms with van der Waals surface area (Å²) in [5.41, 5.74) is 6.41. The highest BCUT2D eigenvalue weighted by Crippen LogP contribution is 2.39. The molecule has 9 nitrogen and oxygen atoms in total. The molecule has 1 aliphatic carbocycles. The Labute approximate surface area is 319 Å². The van der Waals surface area contributed by atoms with Crippen LogP contribution in [0.1, 0.15) is 93.8 Å². The fraction of sp³-hybridized carbons (Fsp3) is 0.400. The van der Waals surface area contributed by atoms with E-state index in [0.29, 0.717) is 24.6 Å². The minimum atomic E-state index is -0.623. The molecule has 0 saturated carbocycles. The Bertz CT molecular complexity index is 2130. The number of nitrogens with zero attached hydrogens (tertiary/aromatic N) is 5. The van der Waals surface area contributed by atoms with Gasteiger partial charge in [0.25, 0.3) is 0 Å². The molecule has 2 aliphatic heterocycles. The maximum absolute atomic E-state index is 14.9. The summed E-state index contributed by atoms with van der Waals surface area (Å²) >= 11 is 0. The van der Waals surface area contributed by atoms with Gasteiger partial charge in [-0.25, -0.2) is 19.1 Å². The van der Waals surface area contributed by atoms with E-state index in [1.54, 1.807) is 9.48 Å². The van der Waals surface area contributed by atoms with Gasteiger partial charge in [-0.2, -0.15) is 4.58 Å². The molecule has 0 saturated heterocycles. The number of amides is 2. The molecular weight excluding hydrogens is 675 g/mol. The molecule has 0 fully saturated rings. The lowest BCUT2D eigenvalue weighted by atomic mass is 9.86. The molecule has 2 unspecified atom stereocenters. The summed E-state index contributed by atoms with van der Waals surface area (Å²) in [6, 6.07) is 24.0. The molecular formula is C45H53N5O4+2. The number of rotatable bonds is 9. The second kappa shape index (κ2) is 15.6. The van der Waals surface area contributed by atoms with Gasteiger partial charge in [-0.1, -0.05) is 74.5 Å². The summed E-state index contributed by atoms with van der Waals surface area (Å²) in [5.74, 6) is 2.33. The van der Waals surface area contributed by atoms with Crippen LogP contribution in [0.4, 0.5) is 4.79 Å². The number of hydrogen-bond donors (Lipinski definition) is 0. The van der Waals surface area contributed by atoms with Crippen LogP contribution in [0.2, 0.25) is 0 Å². The first kappa shape index (κ1) is 37.0. The maximum atomic E-state index is 14.9. The Morgan fingerprint density at radius 3 is 2.46 bits per heavy atom. The van der Waals surface area contributed by atoms with Crippen molar-refractivity contribution in [3.05, 3.63) is 119 Å². The van der Waals surface area contributed by atoms with Crippen LogP contribution in [-0.4, -0.2) is 79.3 Å². The number of carbonyl (C=O) groups excluding carboxylic acids is 2. The average molecular weight is 728 g/mol. The minimum absolute atomic E-state index is 0.184. The molecule has 0 spiro atoms. The Kier molecular flexibility index (Phi) is 10.7. The quantitative estimate of drug-likeness (QED) is 0.161. The van der Waals surface area contributed by atoms with Crippen molar-refractivity contribution in [2.45, 2.75) is 91.2 Å². The second-order valence-corrected chi connectivity index (χ2v) is 16.0. The highest BCUT2D eigenvalue weighted by molar-refractivity contribution is 5.96. The predicted molar refractivity (Wildman–Crippen MR) is 212 cm³/mol. The lowest BCUT2D eigenvalue weighted by Crippen LogP contribution is -2.52. The molecule has 0 radical (unpaired) electrons. The maximum Gasteiger partial charge on any atom is 0.440 e. The summed E-state index contributed by atoms with van der Waals surface area (Å²) < 4.78 is 18.0. The number of furan rings is 1. The summed E-state index contributed by atoms with van der Waals surface area (Å²) in [6.45, 7) is 13.6. The average Bonchev–Trinajstić information content (AvgIpc) is 3.80. The van der Waals surface area contributed by atoms with Crippen molar-refractivity contribution in [2.24, 2.45) is 5.92 Å². The van der Waals surface area contributed by atoms with E-state index in [0.717, 1.165) is 66.3 Å². The van der Waals surface area contributed by atoms with Crippen LogP contribution in [-0.2, 0) is 11.2 Å². The van der Waals surface area contributed by atoms with Crippen LogP contribution in [0.3, 0.4) is 0 Å². The zero-order chi connectivity index (χ0) is 38.0. The lowest BCUT2D eigenvalue weighted by molar-refractivity contribution is -0.474. The minimum Gasteiger partial charge on any atom is -0.466 e. The first-order chi connectivity index (χ1) is 25.9. The van der Waals surface area contributed by atoms with E-state index in [-0.39, 0.29) is 30.5 Å². The number of benzene rings is 2. The van der Waals surface area contributed by atoms with Crippen LogP contribution in [0.15, 0.2) is 101 Å². The van der Waals surface area contributed by atoms with Gasteiger partial charge in [0.2, 0.25) is 11.4 Å². The molecule has 280 valence electrons. The Balaban J connectivity index is 1.23. The smallest absolute Gasteiger partial charge is 0.440 e. The lowest BCUT2D eigenvalue weighted by Gasteiger charge is -2.30. The van der Waals surface area contributed by atoms with Gasteiger partial charge in [-0.15, -0.1) is 0 Å². The van der Waals surface area contributed by atoms with Crippen molar-refractivity contribution in [3.63, 3.8) is 0 Å². The number of aromatic nitrogens is 2. The normalized spacial score (nSPS) is 19.4. The summed E-state index contributed by atoms with van der Waals surface area (Å²) in [6.07, 6.45) is 12.5. The Hall–Kier alpha value is -5.31. The molecule has 4 heterocycles. The van der Waals surface area contributed by atoms with E-state index in [1.807, 2.05) is 94.8 Å². The number of aryl methyl sites for hydroxylation is 1. The van der Waals surface area contributed by atoms with E-state index in [4.69, 9.17) is 14.1 Å².